The molecule has 30 heavy (non-hydrogen) atoms. The van der Waals surface area contributed by atoms with Crippen LogP contribution < -0.4 is 16.0 Å². The Morgan fingerprint density at radius 1 is 1.13 bits per heavy atom. The first-order valence-electron chi connectivity index (χ1n) is 10.5. The second-order valence-electron chi connectivity index (χ2n) is 7.64. The lowest BCUT2D eigenvalue weighted by Crippen LogP contribution is -2.40. The van der Waals surface area contributed by atoms with Crippen LogP contribution in [0.4, 0.5) is 0 Å². The Balaban J connectivity index is 0.00000320. The van der Waals surface area contributed by atoms with Gasteiger partial charge in [-0.25, -0.2) is 0 Å². The summed E-state index contributed by atoms with van der Waals surface area (Å²) in [5, 5.41) is 9.65. The molecule has 7 heteroatoms. The molecule has 1 aliphatic carbocycles. The van der Waals surface area contributed by atoms with Crippen molar-refractivity contribution in [1.82, 2.24) is 16.0 Å². The van der Waals surface area contributed by atoms with Gasteiger partial charge in [-0.2, -0.15) is 0 Å². The maximum absolute atomic E-state index is 12.0. The van der Waals surface area contributed by atoms with Crippen LogP contribution in [-0.2, 0) is 12.8 Å². The Morgan fingerprint density at radius 3 is 2.57 bits per heavy atom. The Labute approximate surface area is 196 Å². The molecule has 1 amide bonds. The van der Waals surface area contributed by atoms with E-state index in [9.17, 15) is 4.79 Å². The molecule has 0 saturated heterocycles. The Kier molecular flexibility index (Phi) is 9.68. The second kappa shape index (κ2) is 12.0. The molecular formula is C23H33IN4O2. The van der Waals surface area contributed by atoms with Crippen molar-refractivity contribution in [3.05, 3.63) is 58.5 Å². The number of furan rings is 1. The van der Waals surface area contributed by atoms with Crippen LogP contribution in [0.15, 0.2) is 39.9 Å². The number of carbonyl (C=O) groups is 1. The van der Waals surface area contributed by atoms with Crippen LogP contribution in [0.3, 0.4) is 0 Å². The van der Waals surface area contributed by atoms with Gasteiger partial charge >= 0.3 is 0 Å². The smallest absolute Gasteiger partial charge is 0.287 e. The van der Waals surface area contributed by atoms with Crippen LogP contribution in [-0.4, -0.2) is 32.0 Å². The van der Waals surface area contributed by atoms with E-state index in [1.54, 1.807) is 13.1 Å². The minimum atomic E-state index is -0.170. The van der Waals surface area contributed by atoms with E-state index in [0.717, 1.165) is 17.9 Å². The molecule has 0 fully saturated rings. The number of halogens is 1. The topological polar surface area (TPSA) is 78.7 Å². The molecule has 0 radical (unpaired) electrons. The zero-order valence-corrected chi connectivity index (χ0v) is 20.4. The number of hydrogen-bond acceptors (Lipinski definition) is 3. The molecular weight excluding hydrogens is 491 g/mol. The predicted octanol–water partition coefficient (Wildman–Crippen LogP) is 4.13. The number of guanidine groups is 1. The molecule has 0 spiro atoms. The van der Waals surface area contributed by atoms with Gasteiger partial charge in [0.1, 0.15) is 0 Å². The van der Waals surface area contributed by atoms with Gasteiger partial charge in [0, 0.05) is 25.7 Å². The second-order valence-corrected chi connectivity index (χ2v) is 7.64. The summed E-state index contributed by atoms with van der Waals surface area (Å²) in [6.07, 6.45) is 7.31. The summed E-state index contributed by atoms with van der Waals surface area (Å²) < 4.78 is 5.20. The van der Waals surface area contributed by atoms with Gasteiger partial charge in [0.05, 0.1) is 12.3 Å². The van der Waals surface area contributed by atoms with Crippen molar-refractivity contribution >= 4 is 35.8 Å². The Morgan fingerprint density at radius 2 is 1.87 bits per heavy atom. The van der Waals surface area contributed by atoms with E-state index in [2.05, 4.69) is 46.1 Å². The Hall–Kier alpha value is -2.03. The Bertz CT molecular complexity index is 863. The highest BCUT2D eigenvalue weighted by molar-refractivity contribution is 14.0. The first-order valence-corrected chi connectivity index (χ1v) is 10.5. The SMILES string of the molecule is CN=C(NCCCNC(=O)c1occc1C)NC(C)c1ccc2c(c1)CCCC2.I. The minimum Gasteiger partial charge on any atom is -0.459 e. The molecule has 1 aromatic carbocycles. The quantitative estimate of drug-likeness (QED) is 0.220. The molecule has 0 bridgehead atoms. The molecule has 1 aliphatic rings. The van der Waals surface area contributed by atoms with Crippen LogP contribution in [0.25, 0.3) is 0 Å². The van der Waals surface area contributed by atoms with Crippen molar-refractivity contribution in [1.29, 1.82) is 0 Å². The highest BCUT2D eigenvalue weighted by atomic mass is 127. The van der Waals surface area contributed by atoms with E-state index in [4.69, 9.17) is 4.42 Å². The maximum atomic E-state index is 12.0. The normalized spacial score (nSPS) is 14.3. The van der Waals surface area contributed by atoms with Gasteiger partial charge in [0.2, 0.25) is 0 Å². The van der Waals surface area contributed by atoms with Crippen LogP contribution in [0.1, 0.15) is 65.0 Å². The molecule has 164 valence electrons. The summed E-state index contributed by atoms with van der Waals surface area (Å²) in [6, 6.07) is 8.81. The van der Waals surface area contributed by atoms with E-state index in [0.29, 0.717) is 18.8 Å². The number of amides is 1. The standard InChI is InChI=1S/C23H32N4O2.HI/c1-16-11-14-29-21(16)22(28)25-12-6-13-26-23(24-3)27-17(2)19-10-9-18-7-4-5-8-20(18)15-19;/h9-11,14-15,17H,4-8,12-13H2,1-3H3,(H,25,28)(H2,24,26,27);1H. The molecule has 1 aromatic heterocycles. The van der Waals surface area contributed by atoms with Crippen LogP contribution in [0, 0.1) is 6.92 Å². The fourth-order valence-electron chi connectivity index (χ4n) is 3.69. The summed E-state index contributed by atoms with van der Waals surface area (Å²) >= 11 is 0. The minimum absolute atomic E-state index is 0. The van der Waals surface area contributed by atoms with Crippen LogP contribution >= 0.6 is 24.0 Å². The highest BCUT2D eigenvalue weighted by Crippen LogP contribution is 2.24. The first-order chi connectivity index (χ1) is 14.1. The maximum Gasteiger partial charge on any atom is 0.287 e. The van der Waals surface area contributed by atoms with E-state index in [1.165, 1.54) is 48.6 Å². The van der Waals surface area contributed by atoms with Gasteiger partial charge in [-0.1, -0.05) is 18.2 Å². The van der Waals surface area contributed by atoms with Gasteiger partial charge in [0.15, 0.2) is 11.7 Å². The molecule has 1 atom stereocenters. The summed E-state index contributed by atoms with van der Waals surface area (Å²) in [5.41, 5.74) is 5.13. The molecule has 3 N–H and O–H groups in total. The third-order valence-corrected chi connectivity index (χ3v) is 5.45. The number of nitrogens with one attached hydrogen (secondary N) is 3. The summed E-state index contributed by atoms with van der Waals surface area (Å²) in [5.74, 6) is 0.980. The molecule has 2 aromatic rings. The van der Waals surface area contributed by atoms with Crippen LogP contribution in [0.5, 0.6) is 0 Å². The van der Waals surface area contributed by atoms with Gasteiger partial charge in [-0.05, 0) is 68.7 Å². The van der Waals surface area contributed by atoms with Crippen molar-refractivity contribution < 1.29 is 9.21 Å². The van der Waals surface area contributed by atoms with Crippen molar-refractivity contribution in [3.8, 4) is 0 Å². The van der Waals surface area contributed by atoms with Crippen molar-refractivity contribution in [2.75, 3.05) is 20.1 Å². The van der Waals surface area contributed by atoms with Gasteiger partial charge in [-0.15, -0.1) is 24.0 Å². The number of fused-ring (bicyclic) bond motifs is 1. The zero-order valence-electron chi connectivity index (χ0n) is 18.1. The van der Waals surface area contributed by atoms with E-state index in [1.807, 2.05) is 6.92 Å². The van der Waals surface area contributed by atoms with Crippen molar-refractivity contribution in [3.63, 3.8) is 0 Å². The monoisotopic (exact) mass is 524 g/mol. The number of carbonyl (C=O) groups excluding carboxylic acids is 1. The number of aryl methyl sites for hydroxylation is 3. The largest absolute Gasteiger partial charge is 0.459 e. The van der Waals surface area contributed by atoms with E-state index >= 15 is 0 Å². The lowest BCUT2D eigenvalue weighted by molar-refractivity contribution is 0.0925. The van der Waals surface area contributed by atoms with E-state index in [-0.39, 0.29) is 35.9 Å². The molecule has 6 nitrogen and oxygen atoms in total. The van der Waals surface area contributed by atoms with Gasteiger partial charge in [-0.3, -0.25) is 9.79 Å². The zero-order chi connectivity index (χ0) is 20.6. The van der Waals surface area contributed by atoms with Gasteiger partial charge < -0.3 is 20.4 Å². The van der Waals surface area contributed by atoms with Gasteiger partial charge in [0.25, 0.3) is 5.91 Å². The third kappa shape index (κ3) is 6.48. The fourth-order valence-corrected chi connectivity index (χ4v) is 3.69. The molecule has 0 saturated carbocycles. The highest BCUT2D eigenvalue weighted by Gasteiger charge is 2.14. The summed E-state index contributed by atoms with van der Waals surface area (Å²) in [4.78, 5) is 16.3. The van der Waals surface area contributed by atoms with Crippen molar-refractivity contribution in [2.45, 2.75) is 52.0 Å². The number of benzene rings is 1. The molecule has 3 rings (SSSR count). The summed E-state index contributed by atoms with van der Waals surface area (Å²) in [6.45, 7) is 5.31. The van der Waals surface area contributed by atoms with Crippen molar-refractivity contribution in [2.24, 2.45) is 4.99 Å². The lowest BCUT2D eigenvalue weighted by atomic mass is 9.89. The van der Waals surface area contributed by atoms with E-state index < -0.39 is 0 Å². The first kappa shape index (κ1) is 24.2. The number of rotatable bonds is 7. The summed E-state index contributed by atoms with van der Waals surface area (Å²) in [7, 11) is 1.77. The van der Waals surface area contributed by atoms with Crippen LogP contribution in [0.2, 0.25) is 0 Å². The average Bonchev–Trinajstić information content (AvgIpc) is 3.18. The lowest BCUT2D eigenvalue weighted by Gasteiger charge is -2.21. The average molecular weight is 524 g/mol. The molecule has 1 heterocycles. The number of hydrogen-bond donors (Lipinski definition) is 3. The fraction of sp³-hybridized carbons (Fsp3) is 0.478. The molecule has 1 unspecified atom stereocenters. The molecule has 0 aliphatic heterocycles. The number of aliphatic imine (C=N–C) groups is 1. The third-order valence-electron chi connectivity index (χ3n) is 5.45. The predicted molar refractivity (Wildman–Crippen MR) is 132 cm³/mol. The number of nitrogens with zero attached hydrogens (tertiary/aromatic N) is 1.